The molecule has 1 unspecified atom stereocenters. The first kappa shape index (κ1) is 18.3. The molecule has 0 rings (SSSR count). The van der Waals surface area contributed by atoms with Gasteiger partial charge in [0.05, 0.1) is 0 Å². The van der Waals surface area contributed by atoms with Crippen LogP contribution in [0.3, 0.4) is 0 Å². The van der Waals surface area contributed by atoms with Gasteiger partial charge in [-0.05, 0) is 45.8 Å². The summed E-state index contributed by atoms with van der Waals surface area (Å²) >= 11 is 0. The largest absolute Gasteiger partial charge is 0.416 e. The minimum atomic E-state index is -3.11. The smallest absolute Gasteiger partial charge is 0.385 e. The summed E-state index contributed by atoms with van der Waals surface area (Å²) in [4.78, 5) is 30.7. The molecule has 0 saturated heterocycles. The molecular formula is C8H24O6Si4. The monoisotopic (exact) mass is 328 g/mol. The van der Waals surface area contributed by atoms with Crippen LogP contribution in [0.4, 0.5) is 0 Å². The molecule has 18 heavy (non-hydrogen) atoms. The summed E-state index contributed by atoms with van der Waals surface area (Å²) in [5.41, 5.74) is 0. The Balaban J connectivity index is 4.85. The zero-order valence-electron chi connectivity index (χ0n) is 12.1. The summed E-state index contributed by atoms with van der Waals surface area (Å²) < 4.78 is 16.8. The lowest BCUT2D eigenvalue weighted by molar-refractivity contribution is 0.283. The lowest BCUT2D eigenvalue weighted by Crippen LogP contribution is -2.59. The second-order valence-corrected chi connectivity index (χ2v) is 19.0. The van der Waals surface area contributed by atoms with E-state index in [0.29, 0.717) is 5.91 Å². The van der Waals surface area contributed by atoms with Crippen LogP contribution < -0.4 is 0 Å². The van der Waals surface area contributed by atoms with Crippen molar-refractivity contribution in [3.63, 3.8) is 0 Å². The van der Waals surface area contributed by atoms with E-state index < -0.39 is 34.2 Å². The number of hydrogen-bond donors (Lipinski definition) is 2. The maximum absolute atomic E-state index is 11.2. The molecule has 0 fully saturated rings. The number of carbonyl (C=O) groups is 1. The van der Waals surface area contributed by atoms with E-state index in [1.165, 1.54) is 0 Å². The van der Waals surface area contributed by atoms with Gasteiger partial charge in [0.2, 0.25) is 0 Å². The van der Waals surface area contributed by atoms with Gasteiger partial charge >= 0.3 is 34.2 Å². The zero-order valence-corrected chi connectivity index (χ0v) is 16.1. The molecular weight excluding hydrogens is 304 g/mol. The Morgan fingerprint density at radius 2 is 1.17 bits per heavy atom. The quantitative estimate of drug-likeness (QED) is 0.535. The fraction of sp³-hybridized carbons (Fsp3) is 0.875. The molecule has 0 amide bonds. The van der Waals surface area contributed by atoms with Gasteiger partial charge < -0.3 is 26.7 Å². The van der Waals surface area contributed by atoms with Crippen molar-refractivity contribution in [1.82, 2.24) is 0 Å². The van der Waals surface area contributed by atoms with E-state index in [2.05, 4.69) is 0 Å². The van der Waals surface area contributed by atoms with Gasteiger partial charge in [-0.2, -0.15) is 0 Å². The molecule has 0 aliphatic rings. The minimum Gasteiger partial charge on any atom is -0.416 e. The summed E-state index contributed by atoms with van der Waals surface area (Å²) in [6, 6.07) is 0. The van der Waals surface area contributed by atoms with Crippen molar-refractivity contribution >= 4 is 40.2 Å². The Hall–Kier alpha value is 0.338. The van der Waals surface area contributed by atoms with Crippen LogP contribution in [0.25, 0.3) is 0 Å². The van der Waals surface area contributed by atoms with Gasteiger partial charge in [0, 0.05) is 0 Å². The molecule has 0 aromatic heterocycles. The van der Waals surface area contributed by atoms with E-state index in [1.807, 2.05) is 0 Å². The molecule has 0 aromatic rings. The van der Waals surface area contributed by atoms with E-state index >= 15 is 0 Å². The second kappa shape index (κ2) is 5.76. The van der Waals surface area contributed by atoms with Crippen molar-refractivity contribution in [3.05, 3.63) is 0 Å². The first-order valence-electron chi connectivity index (χ1n) is 5.70. The van der Waals surface area contributed by atoms with Gasteiger partial charge in [-0.15, -0.1) is 0 Å². The van der Waals surface area contributed by atoms with Crippen LogP contribution in [0.1, 0.15) is 0 Å². The molecule has 0 radical (unpaired) electrons. The van der Waals surface area contributed by atoms with Gasteiger partial charge in [-0.1, -0.05) is 0 Å². The molecule has 0 aliphatic carbocycles. The van der Waals surface area contributed by atoms with Crippen molar-refractivity contribution in [2.75, 3.05) is 0 Å². The molecule has 10 heteroatoms. The van der Waals surface area contributed by atoms with Gasteiger partial charge in [-0.3, -0.25) is 0 Å². The molecule has 0 heterocycles. The predicted molar refractivity (Wildman–Crippen MR) is 78.5 cm³/mol. The Morgan fingerprint density at radius 3 is 1.44 bits per heavy atom. The third kappa shape index (κ3) is 8.44. The van der Waals surface area contributed by atoms with Gasteiger partial charge in [-0.25, -0.2) is 0 Å². The third-order valence-corrected chi connectivity index (χ3v) is 13.2. The topological polar surface area (TPSA) is 85.2 Å². The van der Waals surface area contributed by atoms with E-state index in [4.69, 9.17) is 12.3 Å². The van der Waals surface area contributed by atoms with Crippen LogP contribution in [0.2, 0.25) is 45.8 Å². The van der Waals surface area contributed by atoms with Crippen LogP contribution in [0.5, 0.6) is 0 Å². The zero-order chi connectivity index (χ0) is 14.8. The fourth-order valence-electron chi connectivity index (χ4n) is 1.68. The summed E-state index contributed by atoms with van der Waals surface area (Å²) in [5, 5.41) is 0. The van der Waals surface area contributed by atoms with Crippen LogP contribution in [0.15, 0.2) is 0 Å². The number of rotatable bonds is 7. The molecule has 0 bridgehead atoms. The second-order valence-electron chi connectivity index (χ2n) is 5.73. The van der Waals surface area contributed by atoms with E-state index in [1.54, 1.807) is 45.8 Å². The lowest BCUT2D eigenvalue weighted by atomic mass is 11.8. The third-order valence-electron chi connectivity index (χ3n) is 1.61. The molecule has 0 spiro atoms. The first-order valence-corrected chi connectivity index (χ1v) is 16.6. The van der Waals surface area contributed by atoms with Crippen LogP contribution in [-0.2, 0) is 17.1 Å². The van der Waals surface area contributed by atoms with E-state index in [-0.39, 0.29) is 0 Å². The first-order chi connectivity index (χ1) is 7.68. The van der Waals surface area contributed by atoms with Crippen molar-refractivity contribution in [3.8, 4) is 0 Å². The standard InChI is InChI=1S/C8H24O6Si4/c1-15(2,10)12-17(5,6)14-18(7,8-9)13-16(3,4)11/h8,10-11H,1-7H3. The van der Waals surface area contributed by atoms with Gasteiger partial charge in [0.1, 0.15) is 0 Å². The van der Waals surface area contributed by atoms with Crippen LogP contribution in [-0.4, -0.2) is 49.7 Å². The highest BCUT2D eigenvalue weighted by atomic mass is 28.5. The number of hydrogen-bond acceptors (Lipinski definition) is 6. The highest BCUT2D eigenvalue weighted by molar-refractivity contribution is 7.00. The highest BCUT2D eigenvalue weighted by Crippen LogP contribution is 2.21. The molecule has 108 valence electrons. The Kier molecular flexibility index (Phi) is 5.87. The highest BCUT2D eigenvalue weighted by Gasteiger charge is 2.46. The predicted octanol–water partition coefficient (Wildman–Crippen LogP) is 0.970. The minimum absolute atomic E-state index is 0.641. The Bertz CT molecular complexity index is 297. The summed E-state index contributed by atoms with van der Waals surface area (Å²) in [6.45, 7) is 11.5. The Labute approximate surface area is 113 Å². The van der Waals surface area contributed by atoms with Gasteiger partial charge in [0.15, 0.2) is 5.91 Å². The van der Waals surface area contributed by atoms with Crippen molar-refractivity contribution in [2.24, 2.45) is 0 Å². The molecule has 1 atom stereocenters. The normalized spacial score (nSPS) is 17.4. The summed E-state index contributed by atoms with van der Waals surface area (Å²) in [7, 11) is -11.4. The SMILES string of the molecule is C[Si](C)(O)O[Si](C)(C)O[Si](C)(C=O)O[Si](C)(C)O. The van der Waals surface area contributed by atoms with E-state index in [0.717, 1.165) is 0 Å². The van der Waals surface area contributed by atoms with Crippen molar-refractivity contribution in [1.29, 1.82) is 0 Å². The maximum atomic E-state index is 11.2. The average Bonchev–Trinajstić information content (AvgIpc) is 1.93. The molecule has 0 saturated carbocycles. The molecule has 6 nitrogen and oxygen atoms in total. The lowest BCUT2D eigenvalue weighted by Gasteiger charge is -2.36. The molecule has 0 aromatic carbocycles. The number of carbonyl (C=O) groups excluding carboxylic acids is 1. The molecule has 0 aliphatic heterocycles. The summed E-state index contributed by atoms with van der Waals surface area (Å²) in [6.07, 6.45) is 0. The van der Waals surface area contributed by atoms with E-state index in [9.17, 15) is 14.4 Å². The Morgan fingerprint density at radius 1 is 0.778 bits per heavy atom. The van der Waals surface area contributed by atoms with Crippen molar-refractivity contribution in [2.45, 2.75) is 45.8 Å². The fourth-order valence-corrected chi connectivity index (χ4v) is 15.8. The van der Waals surface area contributed by atoms with Crippen molar-refractivity contribution < 1.29 is 26.7 Å². The maximum Gasteiger partial charge on any atom is 0.385 e. The molecule has 2 N–H and O–H groups in total. The summed E-state index contributed by atoms with van der Waals surface area (Å²) in [5.74, 6) is 0.641. The van der Waals surface area contributed by atoms with Crippen LogP contribution >= 0.6 is 0 Å². The van der Waals surface area contributed by atoms with Gasteiger partial charge in [0.25, 0.3) is 0 Å². The van der Waals surface area contributed by atoms with Crippen LogP contribution in [0, 0.1) is 0 Å². The average molecular weight is 329 g/mol.